The van der Waals surface area contributed by atoms with Crippen LogP contribution in [0.2, 0.25) is 0 Å². The van der Waals surface area contributed by atoms with Crippen molar-refractivity contribution in [3.05, 3.63) is 59.2 Å². The predicted molar refractivity (Wildman–Crippen MR) is 109 cm³/mol. The monoisotopic (exact) mass is 419 g/mol. The third-order valence-corrected chi connectivity index (χ3v) is 5.38. The molecule has 1 saturated heterocycles. The highest BCUT2D eigenvalue weighted by Gasteiger charge is 2.32. The third-order valence-electron chi connectivity index (χ3n) is 5.38. The number of nitrogens with zero attached hydrogens (tertiary/aromatic N) is 1. The lowest BCUT2D eigenvalue weighted by Crippen LogP contribution is -2.39. The molecule has 1 heterocycles. The maximum Gasteiger partial charge on any atom is 0.306 e. The van der Waals surface area contributed by atoms with Crippen molar-refractivity contribution in [2.24, 2.45) is 5.92 Å². The predicted octanol–water partition coefficient (Wildman–Crippen LogP) is 4.65. The van der Waals surface area contributed by atoms with Gasteiger partial charge in [0.25, 0.3) is 0 Å². The Labute approximate surface area is 175 Å². The number of ether oxygens (including phenoxy) is 2. The molecule has 0 radical (unpaired) electrons. The van der Waals surface area contributed by atoms with Crippen LogP contribution in [-0.2, 0) is 4.79 Å². The fourth-order valence-corrected chi connectivity index (χ4v) is 3.95. The summed E-state index contributed by atoms with van der Waals surface area (Å²) in [7, 11) is 0. The number of piperidine rings is 1. The highest BCUT2D eigenvalue weighted by atomic mass is 19.1. The Morgan fingerprint density at radius 2 is 1.73 bits per heavy atom. The first kappa shape index (κ1) is 22.0. The molecule has 30 heavy (non-hydrogen) atoms. The van der Waals surface area contributed by atoms with Crippen molar-refractivity contribution in [2.75, 3.05) is 26.3 Å². The molecule has 7 heteroatoms. The van der Waals surface area contributed by atoms with E-state index < -0.39 is 29.6 Å². The van der Waals surface area contributed by atoms with E-state index in [1.54, 1.807) is 6.07 Å². The number of rotatable bonds is 8. The Bertz CT molecular complexity index is 882. The second kappa shape index (κ2) is 9.89. The molecule has 1 unspecified atom stereocenters. The van der Waals surface area contributed by atoms with Gasteiger partial charge in [-0.15, -0.1) is 0 Å². The van der Waals surface area contributed by atoms with Gasteiger partial charge in [0.1, 0.15) is 11.6 Å². The lowest BCUT2D eigenvalue weighted by Gasteiger charge is -2.37. The van der Waals surface area contributed by atoms with Crippen LogP contribution < -0.4 is 9.47 Å². The molecular formula is C23H27F2NO4. The molecule has 2 aromatic carbocycles. The second-order valence-electron chi connectivity index (χ2n) is 7.29. The molecule has 162 valence electrons. The van der Waals surface area contributed by atoms with Gasteiger partial charge in [-0.3, -0.25) is 9.69 Å². The van der Waals surface area contributed by atoms with Crippen molar-refractivity contribution in [1.29, 1.82) is 0 Å². The van der Waals surface area contributed by atoms with E-state index in [0.29, 0.717) is 56.2 Å². The van der Waals surface area contributed by atoms with E-state index in [4.69, 9.17) is 9.47 Å². The second-order valence-corrected chi connectivity index (χ2v) is 7.29. The molecule has 0 aromatic heterocycles. The number of likely N-dealkylation sites (tertiary alicyclic amines) is 1. The molecule has 1 N–H and O–H groups in total. The van der Waals surface area contributed by atoms with Crippen LogP contribution >= 0.6 is 0 Å². The van der Waals surface area contributed by atoms with Gasteiger partial charge in [0.2, 0.25) is 0 Å². The minimum Gasteiger partial charge on any atom is -0.490 e. The topological polar surface area (TPSA) is 59.0 Å². The minimum atomic E-state index is -0.807. The van der Waals surface area contributed by atoms with Gasteiger partial charge in [0.15, 0.2) is 11.5 Å². The minimum absolute atomic E-state index is 0.344. The van der Waals surface area contributed by atoms with Crippen LogP contribution in [0, 0.1) is 17.6 Å². The number of hydrogen-bond acceptors (Lipinski definition) is 4. The Kier molecular flexibility index (Phi) is 7.26. The van der Waals surface area contributed by atoms with E-state index in [0.717, 1.165) is 11.6 Å². The fourth-order valence-electron chi connectivity index (χ4n) is 3.95. The molecular weight excluding hydrogens is 392 g/mol. The Morgan fingerprint density at radius 3 is 2.33 bits per heavy atom. The van der Waals surface area contributed by atoms with Crippen molar-refractivity contribution >= 4 is 5.97 Å². The van der Waals surface area contributed by atoms with Crippen molar-refractivity contribution in [3.63, 3.8) is 0 Å². The van der Waals surface area contributed by atoms with E-state index >= 15 is 0 Å². The standard InChI is InChI=1S/C23H27F2NO4/c1-3-29-20-8-5-16(13-21(20)30-4-2)22(18-7-6-17(24)14-19(18)25)26-11-9-15(10-12-26)23(27)28/h5-8,13-15,22H,3-4,9-12H2,1-2H3,(H,27,28). The number of aliphatic carboxylic acids is 1. The largest absolute Gasteiger partial charge is 0.490 e. The van der Waals surface area contributed by atoms with Crippen molar-refractivity contribution in [3.8, 4) is 11.5 Å². The van der Waals surface area contributed by atoms with Crippen LogP contribution in [0.3, 0.4) is 0 Å². The van der Waals surface area contributed by atoms with Crippen molar-refractivity contribution in [2.45, 2.75) is 32.7 Å². The zero-order valence-electron chi connectivity index (χ0n) is 17.2. The van der Waals surface area contributed by atoms with Crippen LogP contribution in [0.25, 0.3) is 0 Å². The number of halogens is 2. The highest BCUT2D eigenvalue weighted by Crippen LogP contribution is 2.38. The Morgan fingerprint density at radius 1 is 1.07 bits per heavy atom. The van der Waals surface area contributed by atoms with Crippen LogP contribution in [-0.4, -0.2) is 42.3 Å². The van der Waals surface area contributed by atoms with Crippen LogP contribution in [0.5, 0.6) is 11.5 Å². The lowest BCUT2D eigenvalue weighted by atomic mass is 9.91. The third kappa shape index (κ3) is 4.90. The maximum absolute atomic E-state index is 14.8. The number of hydrogen-bond donors (Lipinski definition) is 1. The summed E-state index contributed by atoms with van der Waals surface area (Å²) in [6, 6.07) is 8.56. The summed E-state index contributed by atoms with van der Waals surface area (Å²) in [6.07, 6.45) is 0.952. The number of benzene rings is 2. The van der Waals surface area contributed by atoms with Gasteiger partial charge in [-0.2, -0.15) is 0 Å². The Hall–Kier alpha value is -2.67. The number of carboxylic acids is 1. The number of carbonyl (C=O) groups is 1. The smallest absolute Gasteiger partial charge is 0.306 e. The maximum atomic E-state index is 14.8. The summed E-state index contributed by atoms with van der Waals surface area (Å²) in [5.74, 6) is -1.32. The highest BCUT2D eigenvalue weighted by molar-refractivity contribution is 5.70. The van der Waals surface area contributed by atoms with Gasteiger partial charge in [-0.05, 0) is 63.5 Å². The van der Waals surface area contributed by atoms with Gasteiger partial charge in [0, 0.05) is 11.6 Å². The molecule has 0 saturated carbocycles. The Balaban J connectivity index is 2.01. The molecule has 1 fully saturated rings. The van der Waals surface area contributed by atoms with E-state index in [1.807, 2.05) is 30.9 Å². The van der Waals surface area contributed by atoms with E-state index in [-0.39, 0.29) is 0 Å². The quantitative estimate of drug-likeness (QED) is 0.675. The van der Waals surface area contributed by atoms with Gasteiger partial charge < -0.3 is 14.6 Å². The molecule has 3 rings (SSSR count). The molecule has 0 spiro atoms. The summed E-state index contributed by atoms with van der Waals surface area (Å²) in [4.78, 5) is 13.4. The summed E-state index contributed by atoms with van der Waals surface area (Å²) >= 11 is 0. The molecule has 0 aliphatic carbocycles. The normalized spacial score (nSPS) is 16.3. The molecule has 2 aromatic rings. The van der Waals surface area contributed by atoms with Gasteiger partial charge >= 0.3 is 5.97 Å². The SMILES string of the molecule is CCOc1ccc(C(c2ccc(F)cc2F)N2CCC(C(=O)O)CC2)cc1OCC. The summed E-state index contributed by atoms with van der Waals surface area (Å²) in [5, 5.41) is 9.30. The first-order chi connectivity index (χ1) is 14.4. The summed E-state index contributed by atoms with van der Waals surface area (Å²) in [6.45, 7) is 5.68. The average Bonchev–Trinajstić information content (AvgIpc) is 2.72. The average molecular weight is 419 g/mol. The van der Waals surface area contributed by atoms with Gasteiger partial charge in [-0.25, -0.2) is 8.78 Å². The van der Waals surface area contributed by atoms with Gasteiger partial charge in [0.05, 0.1) is 25.2 Å². The molecule has 0 bridgehead atoms. The van der Waals surface area contributed by atoms with E-state index in [2.05, 4.69) is 0 Å². The lowest BCUT2D eigenvalue weighted by molar-refractivity contribution is -0.143. The van der Waals surface area contributed by atoms with E-state index in [9.17, 15) is 18.7 Å². The van der Waals surface area contributed by atoms with Crippen LogP contribution in [0.1, 0.15) is 43.9 Å². The number of carboxylic acid groups (broad SMARTS) is 1. The molecule has 1 aliphatic heterocycles. The van der Waals surface area contributed by atoms with Gasteiger partial charge in [-0.1, -0.05) is 12.1 Å². The molecule has 1 atom stereocenters. The summed E-state index contributed by atoms with van der Waals surface area (Å²) < 4.78 is 39.7. The van der Waals surface area contributed by atoms with Crippen molar-refractivity contribution in [1.82, 2.24) is 4.90 Å². The molecule has 0 amide bonds. The first-order valence-electron chi connectivity index (χ1n) is 10.3. The zero-order chi connectivity index (χ0) is 21.7. The van der Waals surface area contributed by atoms with Crippen LogP contribution in [0.4, 0.5) is 8.78 Å². The van der Waals surface area contributed by atoms with Crippen molar-refractivity contribution < 1.29 is 28.2 Å². The zero-order valence-corrected chi connectivity index (χ0v) is 17.2. The van der Waals surface area contributed by atoms with Crippen LogP contribution in [0.15, 0.2) is 36.4 Å². The molecule has 5 nitrogen and oxygen atoms in total. The fraction of sp³-hybridized carbons (Fsp3) is 0.435. The summed E-state index contributed by atoms with van der Waals surface area (Å²) in [5.41, 5.74) is 1.12. The first-order valence-corrected chi connectivity index (χ1v) is 10.3. The molecule has 1 aliphatic rings. The van der Waals surface area contributed by atoms with E-state index in [1.165, 1.54) is 12.1 Å².